The number of hydrogen-bond acceptors (Lipinski definition) is 3. The minimum atomic E-state index is -2.69. The SMILES string of the molecule is FC(F)c1nc2cc(-c3ccoc3)cc(Br)n2n1. The van der Waals surface area contributed by atoms with E-state index >= 15 is 0 Å². The summed E-state index contributed by atoms with van der Waals surface area (Å²) in [5.41, 5.74) is 2.02. The number of halogens is 3. The first-order valence-corrected chi connectivity index (χ1v) is 5.81. The summed E-state index contributed by atoms with van der Waals surface area (Å²) < 4.78 is 31.9. The van der Waals surface area contributed by atoms with Crippen molar-refractivity contribution in [3.8, 4) is 11.1 Å². The van der Waals surface area contributed by atoms with Crippen LogP contribution < -0.4 is 0 Å². The molecule has 3 aromatic rings. The van der Waals surface area contributed by atoms with E-state index in [-0.39, 0.29) is 0 Å². The Balaban J connectivity index is 2.21. The number of fused-ring (bicyclic) bond motifs is 1. The molecule has 0 saturated carbocycles. The van der Waals surface area contributed by atoms with E-state index in [0.29, 0.717) is 10.3 Å². The van der Waals surface area contributed by atoms with Crippen molar-refractivity contribution in [1.29, 1.82) is 0 Å². The molecule has 0 spiro atoms. The number of hydrogen-bond donors (Lipinski definition) is 0. The second-order valence-corrected chi connectivity index (χ2v) is 4.43. The van der Waals surface area contributed by atoms with Gasteiger partial charge in [0.05, 0.1) is 12.5 Å². The number of nitrogens with zero attached hydrogens (tertiary/aromatic N) is 3. The van der Waals surface area contributed by atoms with Crippen LogP contribution in [0.2, 0.25) is 0 Å². The van der Waals surface area contributed by atoms with E-state index < -0.39 is 12.2 Å². The second kappa shape index (κ2) is 4.16. The molecule has 0 fully saturated rings. The molecule has 18 heavy (non-hydrogen) atoms. The molecule has 0 aliphatic heterocycles. The van der Waals surface area contributed by atoms with E-state index in [4.69, 9.17) is 4.42 Å². The van der Waals surface area contributed by atoms with E-state index in [1.807, 2.05) is 0 Å². The Morgan fingerprint density at radius 2 is 2.11 bits per heavy atom. The van der Waals surface area contributed by atoms with Crippen molar-refractivity contribution in [2.24, 2.45) is 0 Å². The van der Waals surface area contributed by atoms with Gasteiger partial charge in [-0.1, -0.05) is 0 Å². The molecule has 92 valence electrons. The zero-order chi connectivity index (χ0) is 12.7. The molecule has 0 aromatic carbocycles. The third-order valence-corrected chi connectivity index (χ3v) is 3.02. The summed E-state index contributed by atoms with van der Waals surface area (Å²) in [5, 5.41) is 3.72. The lowest BCUT2D eigenvalue weighted by atomic mass is 10.1. The summed E-state index contributed by atoms with van der Waals surface area (Å²) in [6.07, 6.45) is 0.430. The summed E-state index contributed by atoms with van der Waals surface area (Å²) in [6, 6.07) is 5.22. The standard InChI is InChI=1S/C11H6BrF2N3O/c12-8-3-7(6-1-2-18-5-6)4-9-15-11(10(13)14)16-17(8)9/h1-5,10H. The average Bonchev–Trinajstić information content (AvgIpc) is 2.97. The van der Waals surface area contributed by atoms with Crippen LogP contribution in [0.25, 0.3) is 16.8 Å². The van der Waals surface area contributed by atoms with Crippen LogP contribution in [-0.4, -0.2) is 14.6 Å². The molecule has 3 aromatic heterocycles. The maximum absolute atomic E-state index is 12.5. The molecule has 0 amide bonds. The van der Waals surface area contributed by atoms with Crippen molar-refractivity contribution in [2.45, 2.75) is 6.43 Å². The molecule has 0 N–H and O–H groups in total. The Kier molecular flexibility index (Phi) is 2.62. The first-order valence-electron chi connectivity index (χ1n) is 5.02. The number of rotatable bonds is 2. The summed E-state index contributed by atoms with van der Waals surface area (Å²) in [5.74, 6) is -0.486. The number of furan rings is 1. The fraction of sp³-hybridized carbons (Fsp3) is 0.0909. The monoisotopic (exact) mass is 313 g/mol. The van der Waals surface area contributed by atoms with E-state index in [2.05, 4.69) is 26.0 Å². The molecule has 0 aliphatic rings. The summed E-state index contributed by atoms with van der Waals surface area (Å²) in [7, 11) is 0. The zero-order valence-electron chi connectivity index (χ0n) is 8.85. The quantitative estimate of drug-likeness (QED) is 0.678. The summed E-state index contributed by atoms with van der Waals surface area (Å²) in [6.45, 7) is 0. The van der Waals surface area contributed by atoms with Gasteiger partial charge in [-0.25, -0.2) is 18.3 Å². The van der Waals surface area contributed by atoms with Crippen LogP contribution >= 0.6 is 15.9 Å². The third-order valence-electron chi connectivity index (χ3n) is 2.46. The van der Waals surface area contributed by atoms with Gasteiger partial charge in [-0.15, -0.1) is 5.10 Å². The molecular weight excluding hydrogens is 308 g/mol. The number of alkyl halides is 2. The lowest BCUT2D eigenvalue weighted by molar-refractivity contribution is 0.140. The number of pyridine rings is 1. The molecule has 0 radical (unpaired) electrons. The predicted molar refractivity (Wildman–Crippen MR) is 63.3 cm³/mol. The van der Waals surface area contributed by atoms with Gasteiger partial charge in [0.2, 0.25) is 5.82 Å². The van der Waals surface area contributed by atoms with Crippen molar-refractivity contribution in [3.05, 3.63) is 41.2 Å². The van der Waals surface area contributed by atoms with Crippen LogP contribution in [0.3, 0.4) is 0 Å². The van der Waals surface area contributed by atoms with Crippen molar-refractivity contribution in [3.63, 3.8) is 0 Å². The van der Waals surface area contributed by atoms with Gasteiger partial charge in [0.15, 0.2) is 5.65 Å². The fourth-order valence-electron chi connectivity index (χ4n) is 1.65. The smallest absolute Gasteiger partial charge is 0.299 e. The van der Waals surface area contributed by atoms with Gasteiger partial charge >= 0.3 is 0 Å². The largest absolute Gasteiger partial charge is 0.472 e. The highest BCUT2D eigenvalue weighted by Gasteiger charge is 2.16. The van der Waals surface area contributed by atoms with Gasteiger partial charge in [-0.3, -0.25) is 0 Å². The zero-order valence-corrected chi connectivity index (χ0v) is 10.4. The lowest BCUT2D eigenvalue weighted by Crippen LogP contribution is -1.92. The molecule has 7 heteroatoms. The van der Waals surface area contributed by atoms with Crippen LogP contribution in [0.5, 0.6) is 0 Å². The molecule has 4 nitrogen and oxygen atoms in total. The first kappa shape index (κ1) is 11.3. The van der Waals surface area contributed by atoms with Gasteiger partial charge in [-0.05, 0) is 39.7 Å². The van der Waals surface area contributed by atoms with Crippen LogP contribution in [0.4, 0.5) is 8.78 Å². The van der Waals surface area contributed by atoms with Gasteiger partial charge in [-0.2, -0.15) is 0 Å². The normalized spacial score (nSPS) is 11.6. The maximum Gasteiger partial charge on any atom is 0.299 e. The van der Waals surface area contributed by atoms with Crippen LogP contribution in [-0.2, 0) is 0 Å². The lowest BCUT2D eigenvalue weighted by Gasteiger charge is -2.00. The minimum absolute atomic E-state index is 0.357. The highest BCUT2D eigenvalue weighted by molar-refractivity contribution is 9.10. The van der Waals surface area contributed by atoms with E-state index in [1.165, 1.54) is 4.52 Å². The Morgan fingerprint density at radius 3 is 2.78 bits per heavy atom. The molecule has 0 unspecified atom stereocenters. The average molecular weight is 314 g/mol. The Bertz CT molecular complexity index is 694. The Hall–Kier alpha value is -1.76. The number of aromatic nitrogens is 3. The fourth-order valence-corrected chi connectivity index (χ4v) is 2.16. The summed E-state index contributed by atoms with van der Waals surface area (Å²) in [4.78, 5) is 3.78. The molecule has 0 bridgehead atoms. The first-order chi connectivity index (χ1) is 8.65. The van der Waals surface area contributed by atoms with Crippen molar-refractivity contribution in [1.82, 2.24) is 14.6 Å². The van der Waals surface area contributed by atoms with E-state index in [9.17, 15) is 8.78 Å². The van der Waals surface area contributed by atoms with Gasteiger partial charge < -0.3 is 4.42 Å². The van der Waals surface area contributed by atoms with E-state index in [0.717, 1.165) is 11.1 Å². The van der Waals surface area contributed by atoms with Crippen molar-refractivity contribution >= 4 is 21.6 Å². The molecule has 0 aliphatic carbocycles. The predicted octanol–water partition coefficient (Wildman–Crippen LogP) is 3.69. The van der Waals surface area contributed by atoms with Crippen LogP contribution in [0.1, 0.15) is 12.2 Å². The highest BCUT2D eigenvalue weighted by Crippen LogP contribution is 2.26. The van der Waals surface area contributed by atoms with Crippen LogP contribution in [0.15, 0.2) is 39.7 Å². The van der Waals surface area contributed by atoms with Crippen LogP contribution in [0, 0.1) is 0 Å². The van der Waals surface area contributed by atoms with Gasteiger partial charge in [0, 0.05) is 5.56 Å². The Morgan fingerprint density at radius 1 is 1.28 bits per heavy atom. The topological polar surface area (TPSA) is 43.3 Å². The van der Waals surface area contributed by atoms with Crippen molar-refractivity contribution < 1.29 is 13.2 Å². The molecular formula is C11H6BrF2N3O. The van der Waals surface area contributed by atoms with Crippen molar-refractivity contribution in [2.75, 3.05) is 0 Å². The Labute approximate surface area is 108 Å². The maximum atomic E-state index is 12.5. The highest BCUT2D eigenvalue weighted by atomic mass is 79.9. The summed E-state index contributed by atoms with van der Waals surface area (Å²) >= 11 is 3.28. The second-order valence-electron chi connectivity index (χ2n) is 3.62. The van der Waals surface area contributed by atoms with Gasteiger partial charge in [0.1, 0.15) is 4.60 Å². The molecule has 0 saturated heterocycles. The van der Waals surface area contributed by atoms with E-state index in [1.54, 1.807) is 30.7 Å². The minimum Gasteiger partial charge on any atom is -0.472 e. The van der Waals surface area contributed by atoms with Gasteiger partial charge in [0.25, 0.3) is 6.43 Å². The third kappa shape index (κ3) is 1.80. The molecule has 3 rings (SSSR count). The molecule has 0 atom stereocenters. The molecule has 3 heterocycles.